The Kier molecular flexibility index (Phi) is 9.62. The van der Waals surface area contributed by atoms with E-state index in [-0.39, 0.29) is 0 Å². The van der Waals surface area contributed by atoms with E-state index in [0.717, 1.165) is 28.6 Å². The van der Waals surface area contributed by atoms with Gasteiger partial charge in [0, 0.05) is 9.80 Å². The third-order valence-electron chi connectivity index (χ3n) is 3.18. The molecule has 0 aliphatic heterocycles. The van der Waals surface area contributed by atoms with Crippen LogP contribution in [-0.4, -0.2) is 6.61 Å². The van der Waals surface area contributed by atoms with Crippen LogP contribution in [0, 0.1) is 0 Å². The van der Waals surface area contributed by atoms with Gasteiger partial charge in [-0.15, -0.1) is 0 Å². The van der Waals surface area contributed by atoms with Gasteiger partial charge in [-0.2, -0.15) is 0 Å². The predicted molar refractivity (Wildman–Crippen MR) is 90.3 cm³/mol. The molecule has 0 unspecified atom stereocenters. The Bertz CT molecular complexity index is 353. The summed E-state index contributed by atoms with van der Waals surface area (Å²) in [7, 11) is 0. The van der Waals surface area contributed by atoms with Crippen LogP contribution in [0.4, 0.5) is 0 Å². The number of unbranched alkanes of at least 4 members (excludes halogenated alkanes) is 6. The van der Waals surface area contributed by atoms with Crippen LogP contribution in [0.3, 0.4) is 0 Å². The van der Waals surface area contributed by atoms with Crippen LogP contribution >= 0.6 is 31.9 Å². The molecule has 0 amide bonds. The molecule has 0 aliphatic rings. The molecule has 0 aliphatic carbocycles. The maximum absolute atomic E-state index is 5.79. The minimum absolute atomic E-state index is 0.830. The Morgan fingerprint density at radius 2 is 1.68 bits per heavy atom. The Hall–Kier alpha value is -0.0200. The van der Waals surface area contributed by atoms with Crippen molar-refractivity contribution in [2.45, 2.75) is 57.2 Å². The van der Waals surface area contributed by atoms with Crippen molar-refractivity contribution in [1.82, 2.24) is 0 Å². The van der Waals surface area contributed by atoms with Crippen molar-refractivity contribution >= 4 is 31.9 Å². The predicted octanol–water partition coefficient (Wildman–Crippen LogP) is 6.47. The molecule has 0 heterocycles. The van der Waals surface area contributed by atoms with Gasteiger partial charge >= 0.3 is 0 Å². The molecule has 0 bridgehead atoms. The van der Waals surface area contributed by atoms with Gasteiger partial charge in [0.05, 0.1) is 6.61 Å². The summed E-state index contributed by atoms with van der Waals surface area (Å²) in [5.74, 6) is 0.976. The molecule has 0 spiro atoms. The Morgan fingerprint density at radius 3 is 2.37 bits per heavy atom. The Balaban J connectivity index is 2.12. The summed E-state index contributed by atoms with van der Waals surface area (Å²) in [6.07, 6.45) is 9.25. The lowest BCUT2D eigenvalue weighted by Crippen LogP contribution is -1.98. The number of hydrogen-bond acceptors (Lipinski definition) is 1. The van der Waals surface area contributed by atoms with E-state index in [9.17, 15) is 0 Å². The van der Waals surface area contributed by atoms with Crippen molar-refractivity contribution in [2.24, 2.45) is 0 Å². The maximum atomic E-state index is 5.79. The number of ether oxygens (including phenoxy) is 1. The number of halogens is 2. The third-order valence-corrected chi connectivity index (χ3v) is 4.56. The number of benzene rings is 1. The standard InChI is InChI=1S/C16H24Br2O/c1-2-3-4-5-6-7-8-11-19-15-9-10-16(18)14(12-15)13-17/h9-10,12H,2-8,11,13H2,1H3. The van der Waals surface area contributed by atoms with Gasteiger partial charge in [0.15, 0.2) is 0 Å². The summed E-state index contributed by atoms with van der Waals surface area (Å²) in [6.45, 7) is 3.09. The summed E-state index contributed by atoms with van der Waals surface area (Å²) in [5, 5.41) is 0.849. The zero-order chi connectivity index (χ0) is 13.9. The molecule has 3 heteroatoms. The highest BCUT2D eigenvalue weighted by atomic mass is 79.9. The lowest BCUT2D eigenvalue weighted by atomic mass is 10.1. The minimum Gasteiger partial charge on any atom is -0.494 e. The van der Waals surface area contributed by atoms with Crippen LogP contribution in [0.5, 0.6) is 5.75 Å². The third kappa shape index (κ3) is 7.36. The molecule has 0 saturated heterocycles. The van der Waals surface area contributed by atoms with Crippen LogP contribution in [0.1, 0.15) is 57.4 Å². The second-order valence-electron chi connectivity index (χ2n) is 4.86. The van der Waals surface area contributed by atoms with E-state index < -0.39 is 0 Å². The topological polar surface area (TPSA) is 9.23 Å². The minimum atomic E-state index is 0.830. The van der Waals surface area contributed by atoms with E-state index in [4.69, 9.17) is 4.74 Å². The second kappa shape index (κ2) is 10.7. The number of alkyl halides is 1. The molecule has 108 valence electrons. The highest BCUT2D eigenvalue weighted by Gasteiger charge is 2.01. The largest absolute Gasteiger partial charge is 0.494 e. The van der Waals surface area contributed by atoms with Crippen molar-refractivity contribution in [3.05, 3.63) is 28.2 Å². The molecule has 0 N–H and O–H groups in total. The zero-order valence-corrected chi connectivity index (χ0v) is 14.9. The van der Waals surface area contributed by atoms with E-state index in [1.165, 1.54) is 44.1 Å². The molecular weight excluding hydrogens is 368 g/mol. The fraction of sp³-hybridized carbons (Fsp3) is 0.625. The van der Waals surface area contributed by atoms with Gasteiger partial charge < -0.3 is 4.74 Å². The lowest BCUT2D eigenvalue weighted by molar-refractivity contribution is 0.304. The van der Waals surface area contributed by atoms with Gasteiger partial charge in [0.1, 0.15) is 5.75 Å². The summed E-state index contributed by atoms with van der Waals surface area (Å²) < 4.78 is 6.92. The first kappa shape index (κ1) is 17.0. The van der Waals surface area contributed by atoms with Gasteiger partial charge in [-0.3, -0.25) is 0 Å². The van der Waals surface area contributed by atoms with Crippen LogP contribution in [-0.2, 0) is 5.33 Å². The van der Waals surface area contributed by atoms with Gasteiger partial charge in [-0.1, -0.05) is 77.3 Å². The van der Waals surface area contributed by atoms with Crippen molar-refractivity contribution in [3.63, 3.8) is 0 Å². The van der Waals surface area contributed by atoms with Crippen LogP contribution in [0.2, 0.25) is 0 Å². The fourth-order valence-electron chi connectivity index (χ4n) is 1.99. The van der Waals surface area contributed by atoms with Crippen molar-refractivity contribution in [1.29, 1.82) is 0 Å². The quantitative estimate of drug-likeness (QED) is 0.327. The molecule has 19 heavy (non-hydrogen) atoms. The summed E-state index contributed by atoms with van der Waals surface area (Å²) in [6, 6.07) is 6.17. The molecule has 1 rings (SSSR count). The smallest absolute Gasteiger partial charge is 0.119 e. The average molecular weight is 392 g/mol. The molecular formula is C16H24Br2O. The first-order chi connectivity index (χ1) is 9.27. The highest BCUT2D eigenvalue weighted by Crippen LogP contribution is 2.24. The van der Waals surface area contributed by atoms with Gasteiger partial charge in [-0.05, 0) is 30.2 Å². The first-order valence-electron chi connectivity index (χ1n) is 7.25. The molecule has 1 aromatic rings. The number of rotatable bonds is 10. The summed E-state index contributed by atoms with van der Waals surface area (Å²) in [5.41, 5.74) is 1.23. The van der Waals surface area contributed by atoms with Crippen molar-refractivity contribution in [2.75, 3.05) is 6.61 Å². The molecule has 0 fully saturated rings. The summed E-state index contributed by atoms with van der Waals surface area (Å²) >= 11 is 7.01. The number of hydrogen-bond donors (Lipinski definition) is 0. The van der Waals surface area contributed by atoms with E-state index in [0.29, 0.717) is 0 Å². The molecule has 1 nitrogen and oxygen atoms in total. The first-order valence-corrected chi connectivity index (χ1v) is 9.16. The molecule has 0 saturated carbocycles. The molecule has 0 atom stereocenters. The maximum Gasteiger partial charge on any atom is 0.119 e. The van der Waals surface area contributed by atoms with Gasteiger partial charge in [0.25, 0.3) is 0 Å². The molecule has 0 aromatic heterocycles. The SMILES string of the molecule is CCCCCCCCCOc1ccc(Br)c(CBr)c1. The Morgan fingerprint density at radius 1 is 1.00 bits per heavy atom. The van der Waals surface area contributed by atoms with Crippen molar-refractivity contribution in [3.8, 4) is 5.75 Å². The van der Waals surface area contributed by atoms with Crippen molar-refractivity contribution < 1.29 is 4.74 Å². The molecule has 0 radical (unpaired) electrons. The van der Waals surface area contributed by atoms with Crippen LogP contribution < -0.4 is 4.74 Å². The summed E-state index contributed by atoms with van der Waals surface area (Å²) in [4.78, 5) is 0. The van der Waals surface area contributed by atoms with E-state index in [1.54, 1.807) is 0 Å². The normalized spacial score (nSPS) is 10.7. The fourth-order valence-corrected chi connectivity index (χ4v) is 3.22. The van der Waals surface area contributed by atoms with Crippen LogP contribution in [0.15, 0.2) is 22.7 Å². The van der Waals surface area contributed by atoms with E-state index >= 15 is 0 Å². The van der Waals surface area contributed by atoms with Crippen LogP contribution in [0.25, 0.3) is 0 Å². The van der Waals surface area contributed by atoms with Gasteiger partial charge in [0.2, 0.25) is 0 Å². The lowest BCUT2D eigenvalue weighted by Gasteiger charge is -2.08. The zero-order valence-electron chi connectivity index (χ0n) is 11.8. The average Bonchev–Trinajstić information content (AvgIpc) is 2.43. The second-order valence-corrected chi connectivity index (χ2v) is 6.27. The van der Waals surface area contributed by atoms with E-state index in [2.05, 4.69) is 50.9 Å². The van der Waals surface area contributed by atoms with E-state index in [1.807, 2.05) is 6.07 Å². The molecule has 1 aromatic carbocycles. The monoisotopic (exact) mass is 390 g/mol. The Labute approximate surface area is 134 Å². The van der Waals surface area contributed by atoms with Gasteiger partial charge in [-0.25, -0.2) is 0 Å². The highest BCUT2D eigenvalue weighted by molar-refractivity contribution is 9.10.